The molecule has 0 amide bonds. The Hall–Kier alpha value is -3.05. The predicted molar refractivity (Wildman–Crippen MR) is 90.8 cm³/mol. The lowest BCUT2D eigenvalue weighted by molar-refractivity contribution is -0.147. The lowest BCUT2D eigenvalue weighted by Gasteiger charge is -2.14. The third-order valence-electron chi connectivity index (χ3n) is 4.03. The monoisotopic (exact) mass is 420 g/mol. The minimum Gasteiger partial charge on any atom is -0.320 e. The van der Waals surface area contributed by atoms with Crippen LogP contribution >= 0.6 is 0 Å². The van der Waals surface area contributed by atoms with Gasteiger partial charge in [-0.15, -0.1) is 0 Å². The minimum atomic E-state index is -4.93. The average molecular weight is 420 g/mol. The molecule has 0 atom stereocenters. The van der Waals surface area contributed by atoms with Gasteiger partial charge in [0.2, 0.25) is 5.82 Å². The van der Waals surface area contributed by atoms with Gasteiger partial charge in [-0.2, -0.15) is 26.3 Å². The zero-order valence-electron chi connectivity index (χ0n) is 15.0. The van der Waals surface area contributed by atoms with Gasteiger partial charge < -0.3 is 9.55 Å². The number of benzene rings is 1. The standard InChI is InChI=1S/C17H14F6N4O2/c1-8(2)7-26-11-5-9(3-4-10(11)24-14(26)17(21,22)23)27-13(28)6-12(16(18,19)20)25-15(27)29/h3-6,8H,7H2,1-2H3,(H,25,29). The van der Waals surface area contributed by atoms with Crippen molar-refractivity contribution in [1.82, 2.24) is 19.1 Å². The number of hydrogen-bond acceptors (Lipinski definition) is 3. The Labute approximate surface area is 158 Å². The number of aromatic nitrogens is 4. The first-order chi connectivity index (χ1) is 13.3. The van der Waals surface area contributed by atoms with Crippen LogP contribution in [0.3, 0.4) is 0 Å². The molecule has 0 aliphatic heterocycles. The molecule has 29 heavy (non-hydrogen) atoms. The van der Waals surface area contributed by atoms with Crippen LogP contribution in [-0.2, 0) is 18.9 Å². The van der Waals surface area contributed by atoms with Crippen molar-refractivity contribution in [2.45, 2.75) is 32.7 Å². The van der Waals surface area contributed by atoms with Gasteiger partial charge in [0.25, 0.3) is 5.56 Å². The summed E-state index contributed by atoms with van der Waals surface area (Å²) in [4.78, 5) is 29.3. The van der Waals surface area contributed by atoms with Gasteiger partial charge in [-0.3, -0.25) is 4.79 Å². The summed E-state index contributed by atoms with van der Waals surface area (Å²) in [6.45, 7) is 3.34. The SMILES string of the molecule is CC(C)Cn1c(C(F)(F)F)nc2ccc(-n3c(=O)cc(C(F)(F)F)[nH]c3=O)cc21. The van der Waals surface area contributed by atoms with E-state index in [9.17, 15) is 35.9 Å². The van der Waals surface area contributed by atoms with Crippen LogP contribution in [0.5, 0.6) is 0 Å². The molecular weight excluding hydrogens is 406 g/mol. The minimum absolute atomic E-state index is 0.00489. The Bertz CT molecular complexity index is 1150. The normalized spacial score (nSPS) is 12.9. The number of imidazole rings is 1. The summed E-state index contributed by atoms with van der Waals surface area (Å²) in [6, 6.07) is 3.63. The van der Waals surface area contributed by atoms with Gasteiger partial charge in [0, 0.05) is 12.6 Å². The van der Waals surface area contributed by atoms with Gasteiger partial charge in [0.15, 0.2) is 0 Å². The van der Waals surface area contributed by atoms with E-state index >= 15 is 0 Å². The third-order valence-corrected chi connectivity index (χ3v) is 4.03. The van der Waals surface area contributed by atoms with Gasteiger partial charge in [0.1, 0.15) is 5.69 Å². The molecule has 2 aromatic heterocycles. The van der Waals surface area contributed by atoms with Crippen LogP contribution in [0, 0.1) is 5.92 Å². The highest BCUT2D eigenvalue weighted by Crippen LogP contribution is 2.32. The molecule has 12 heteroatoms. The van der Waals surface area contributed by atoms with Gasteiger partial charge >= 0.3 is 18.0 Å². The summed E-state index contributed by atoms with van der Waals surface area (Å²) < 4.78 is 79.6. The number of H-pyrrole nitrogens is 1. The summed E-state index contributed by atoms with van der Waals surface area (Å²) in [7, 11) is 0. The highest BCUT2D eigenvalue weighted by atomic mass is 19.4. The summed E-state index contributed by atoms with van der Waals surface area (Å²) in [6.07, 6.45) is -9.67. The smallest absolute Gasteiger partial charge is 0.320 e. The van der Waals surface area contributed by atoms with Crippen molar-refractivity contribution in [3.05, 3.63) is 56.6 Å². The second-order valence-electron chi connectivity index (χ2n) is 6.77. The molecule has 156 valence electrons. The van der Waals surface area contributed by atoms with Crippen molar-refractivity contribution >= 4 is 11.0 Å². The number of alkyl halides is 6. The quantitative estimate of drug-likeness (QED) is 0.659. The van der Waals surface area contributed by atoms with E-state index in [4.69, 9.17) is 0 Å². The summed E-state index contributed by atoms with van der Waals surface area (Å²) in [5.74, 6) is -1.33. The van der Waals surface area contributed by atoms with Gasteiger partial charge in [-0.05, 0) is 24.1 Å². The number of halogens is 6. The molecule has 0 unspecified atom stereocenters. The fourth-order valence-electron chi connectivity index (χ4n) is 2.91. The largest absolute Gasteiger partial charge is 0.449 e. The van der Waals surface area contributed by atoms with E-state index in [1.807, 2.05) is 0 Å². The van der Waals surface area contributed by atoms with E-state index in [1.54, 1.807) is 18.8 Å². The zero-order valence-corrected chi connectivity index (χ0v) is 15.0. The molecule has 3 rings (SSSR count). The number of nitrogens with zero attached hydrogens (tertiary/aromatic N) is 3. The Morgan fingerprint density at radius 1 is 1.03 bits per heavy atom. The number of aromatic amines is 1. The van der Waals surface area contributed by atoms with Crippen LogP contribution in [0.25, 0.3) is 16.7 Å². The fourth-order valence-corrected chi connectivity index (χ4v) is 2.91. The van der Waals surface area contributed by atoms with E-state index in [-0.39, 0.29) is 35.2 Å². The summed E-state index contributed by atoms with van der Waals surface area (Å²) >= 11 is 0. The van der Waals surface area contributed by atoms with Gasteiger partial charge in [0.05, 0.1) is 16.7 Å². The predicted octanol–water partition coefficient (Wildman–Crippen LogP) is 3.57. The van der Waals surface area contributed by atoms with E-state index < -0.39 is 35.1 Å². The van der Waals surface area contributed by atoms with E-state index in [2.05, 4.69) is 4.98 Å². The molecule has 0 saturated carbocycles. The Kier molecular flexibility index (Phi) is 4.83. The number of hydrogen-bond donors (Lipinski definition) is 1. The lowest BCUT2D eigenvalue weighted by Crippen LogP contribution is -2.35. The molecular formula is C17H14F6N4O2. The number of fused-ring (bicyclic) bond motifs is 1. The first-order valence-electron chi connectivity index (χ1n) is 8.30. The topological polar surface area (TPSA) is 72.7 Å². The van der Waals surface area contributed by atoms with Crippen LogP contribution in [0.1, 0.15) is 25.4 Å². The molecule has 1 N–H and O–H groups in total. The Balaban J connectivity index is 2.26. The lowest BCUT2D eigenvalue weighted by atomic mass is 10.2. The van der Waals surface area contributed by atoms with Crippen molar-refractivity contribution in [2.75, 3.05) is 0 Å². The Morgan fingerprint density at radius 2 is 1.69 bits per heavy atom. The molecule has 0 aliphatic carbocycles. The maximum Gasteiger partial charge on any atom is 0.449 e. The van der Waals surface area contributed by atoms with Crippen LogP contribution < -0.4 is 11.2 Å². The van der Waals surface area contributed by atoms with Gasteiger partial charge in [-0.1, -0.05) is 13.8 Å². The van der Waals surface area contributed by atoms with Crippen LogP contribution in [-0.4, -0.2) is 19.1 Å². The fraction of sp³-hybridized carbons (Fsp3) is 0.353. The van der Waals surface area contributed by atoms with Crippen molar-refractivity contribution in [3.8, 4) is 5.69 Å². The third kappa shape index (κ3) is 3.91. The van der Waals surface area contributed by atoms with E-state index in [1.165, 1.54) is 6.07 Å². The second kappa shape index (κ2) is 6.78. The van der Waals surface area contributed by atoms with E-state index in [0.717, 1.165) is 16.7 Å². The molecule has 0 bridgehead atoms. The van der Waals surface area contributed by atoms with Crippen LogP contribution in [0.15, 0.2) is 33.9 Å². The number of nitrogens with one attached hydrogen (secondary N) is 1. The second-order valence-corrected chi connectivity index (χ2v) is 6.77. The van der Waals surface area contributed by atoms with Crippen LogP contribution in [0.4, 0.5) is 26.3 Å². The number of rotatable bonds is 3. The molecule has 6 nitrogen and oxygen atoms in total. The van der Waals surface area contributed by atoms with Crippen molar-refractivity contribution < 1.29 is 26.3 Å². The van der Waals surface area contributed by atoms with E-state index in [0.29, 0.717) is 4.57 Å². The zero-order chi connectivity index (χ0) is 21.7. The maximum atomic E-state index is 13.3. The molecule has 1 aromatic carbocycles. The van der Waals surface area contributed by atoms with Crippen molar-refractivity contribution in [1.29, 1.82) is 0 Å². The van der Waals surface area contributed by atoms with Crippen LogP contribution in [0.2, 0.25) is 0 Å². The average Bonchev–Trinajstić information content (AvgIpc) is 2.91. The summed E-state index contributed by atoms with van der Waals surface area (Å²) in [5, 5.41) is 0. The molecule has 0 saturated heterocycles. The summed E-state index contributed by atoms with van der Waals surface area (Å²) in [5.41, 5.74) is -4.38. The molecule has 0 spiro atoms. The molecule has 0 fully saturated rings. The first-order valence-corrected chi connectivity index (χ1v) is 8.30. The highest BCUT2D eigenvalue weighted by molar-refractivity contribution is 5.78. The molecule has 2 heterocycles. The van der Waals surface area contributed by atoms with Gasteiger partial charge in [-0.25, -0.2) is 14.3 Å². The first kappa shape index (κ1) is 20.7. The Morgan fingerprint density at radius 3 is 2.21 bits per heavy atom. The van der Waals surface area contributed by atoms with Crippen molar-refractivity contribution in [3.63, 3.8) is 0 Å². The highest BCUT2D eigenvalue weighted by Gasteiger charge is 2.38. The van der Waals surface area contributed by atoms with Crippen molar-refractivity contribution in [2.24, 2.45) is 5.92 Å². The molecule has 0 radical (unpaired) electrons. The molecule has 0 aliphatic rings. The maximum absolute atomic E-state index is 13.3. The molecule has 3 aromatic rings.